The summed E-state index contributed by atoms with van der Waals surface area (Å²) in [6.07, 6.45) is 6.17. The molecule has 0 aliphatic heterocycles. The number of anilines is 1. The van der Waals surface area contributed by atoms with Gasteiger partial charge in [0.1, 0.15) is 17.3 Å². The molecule has 2 aromatic heterocycles. The number of carbonyl (C=O) groups excluding carboxylic acids is 1. The molecule has 1 amide bonds. The summed E-state index contributed by atoms with van der Waals surface area (Å²) in [6, 6.07) is 17.5. The number of likely N-dealkylation sites (N-methyl/N-ethyl adjacent to an activating group) is 1. The lowest BCUT2D eigenvalue weighted by atomic mass is 9.90. The number of nitrogen functional groups attached to an aromatic ring is 1. The number of amides is 1. The van der Waals surface area contributed by atoms with E-state index in [1.54, 1.807) is 6.20 Å². The molecule has 39 heavy (non-hydrogen) atoms. The quantitative estimate of drug-likeness (QED) is 0.277. The molecule has 2 heterocycles. The van der Waals surface area contributed by atoms with Crippen LogP contribution in [0.3, 0.4) is 0 Å². The Morgan fingerprint density at radius 1 is 1.03 bits per heavy atom. The molecule has 4 aromatic rings. The zero-order valence-corrected chi connectivity index (χ0v) is 22.8. The van der Waals surface area contributed by atoms with Crippen molar-refractivity contribution in [2.75, 3.05) is 12.8 Å². The minimum Gasteiger partial charge on any atom is -0.457 e. The molecule has 0 saturated heterocycles. The fourth-order valence-electron chi connectivity index (χ4n) is 5.23. The van der Waals surface area contributed by atoms with Crippen molar-refractivity contribution in [2.24, 2.45) is 5.92 Å². The lowest BCUT2D eigenvalue weighted by Gasteiger charge is -2.30. The molecule has 1 aliphatic carbocycles. The predicted octanol–water partition coefficient (Wildman–Crippen LogP) is 5.10. The molecule has 1 atom stereocenters. The largest absolute Gasteiger partial charge is 0.457 e. The Balaban J connectivity index is 1.28. The van der Waals surface area contributed by atoms with Crippen LogP contribution in [0.2, 0.25) is 0 Å². The number of benzene rings is 2. The topological polar surface area (TPSA) is 120 Å². The number of nitrogens with two attached hydrogens (primary N) is 1. The SMILES string of the molecule is CN[C@H](CC(C)C)C(=O)NC1CCC(n2ncc3c(N)nc(-c4ccc(Oc5ccccc5)cc4)nc32)CC1. The Hall–Kier alpha value is -3.98. The van der Waals surface area contributed by atoms with Crippen molar-refractivity contribution in [3.05, 3.63) is 60.8 Å². The molecule has 9 nitrogen and oxygen atoms in total. The highest BCUT2D eigenvalue weighted by molar-refractivity contribution is 5.87. The summed E-state index contributed by atoms with van der Waals surface area (Å²) in [7, 11) is 1.85. The number of nitrogens with zero attached hydrogens (tertiary/aromatic N) is 4. The van der Waals surface area contributed by atoms with Gasteiger partial charge in [-0.3, -0.25) is 4.79 Å². The van der Waals surface area contributed by atoms with E-state index in [1.807, 2.05) is 66.3 Å². The van der Waals surface area contributed by atoms with Gasteiger partial charge in [-0.25, -0.2) is 14.6 Å². The number of fused-ring (bicyclic) bond motifs is 1. The summed E-state index contributed by atoms with van der Waals surface area (Å²) in [5.41, 5.74) is 7.93. The average molecular weight is 528 g/mol. The van der Waals surface area contributed by atoms with Crippen LogP contribution in [0.1, 0.15) is 52.0 Å². The Bertz CT molecular complexity index is 1390. The summed E-state index contributed by atoms with van der Waals surface area (Å²) in [4.78, 5) is 22.2. The van der Waals surface area contributed by atoms with Crippen LogP contribution in [0.25, 0.3) is 22.4 Å². The molecule has 0 radical (unpaired) electrons. The molecular formula is C30H37N7O2. The maximum atomic E-state index is 12.8. The van der Waals surface area contributed by atoms with Crippen LogP contribution < -0.4 is 21.1 Å². The summed E-state index contributed by atoms with van der Waals surface area (Å²) in [5.74, 6) is 3.02. The molecule has 5 rings (SSSR count). The van der Waals surface area contributed by atoms with Crippen molar-refractivity contribution >= 4 is 22.8 Å². The molecule has 1 aliphatic rings. The van der Waals surface area contributed by atoms with Gasteiger partial charge in [-0.1, -0.05) is 32.0 Å². The minimum absolute atomic E-state index is 0.0875. The van der Waals surface area contributed by atoms with Gasteiger partial charge in [-0.2, -0.15) is 5.10 Å². The standard InChI is InChI=1S/C30H37N7O2/c1-19(2)17-26(32-3)30(38)34-21-11-13-22(14-12-21)37-29-25(18-33-37)27(31)35-28(36-29)20-9-15-24(16-10-20)39-23-7-5-4-6-8-23/h4-10,15-16,18-19,21-22,26,32H,11-14,17H2,1-3H3,(H,34,38)(H2,31,35,36)/t21?,22?,26-/m1/s1. The lowest BCUT2D eigenvalue weighted by Crippen LogP contribution is -2.48. The monoisotopic (exact) mass is 527 g/mol. The third kappa shape index (κ3) is 6.20. The van der Waals surface area contributed by atoms with Gasteiger partial charge < -0.3 is 21.1 Å². The lowest BCUT2D eigenvalue weighted by molar-refractivity contribution is -0.124. The van der Waals surface area contributed by atoms with Gasteiger partial charge in [0.15, 0.2) is 11.5 Å². The predicted molar refractivity (Wildman–Crippen MR) is 153 cm³/mol. The first-order chi connectivity index (χ1) is 18.9. The van der Waals surface area contributed by atoms with Crippen LogP contribution in [-0.4, -0.2) is 44.8 Å². The zero-order valence-electron chi connectivity index (χ0n) is 22.8. The number of rotatable bonds is 9. The number of para-hydroxylation sites is 1. The third-order valence-electron chi connectivity index (χ3n) is 7.34. The van der Waals surface area contributed by atoms with Gasteiger partial charge in [-0.15, -0.1) is 0 Å². The first kappa shape index (κ1) is 26.6. The van der Waals surface area contributed by atoms with Crippen molar-refractivity contribution < 1.29 is 9.53 Å². The summed E-state index contributed by atoms with van der Waals surface area (Å²) >= 11 is 0. The van der Waals surface area contributed by atoms with Crippen LogP contribution in [0.5, 0.6) is 11.5 Å². The Labute approximate surface area is 229 Å². The van der Waals surface area contributed by atoms with Crippen molar-refractivity contribution in [1.82, 2.24) is 30.4 Å². The second-order valence-corrected chi connectivity index (χ2v) is 10.7. The molecule has 4 N–H and O–H groups in total. The summed E-state index contributed by atoms with van der Waals surface area (Å²) in [5, 5.41) is 11.8. The van der Waals surface area contributed by atoms with Crippen LogP contribution in [0, 0.1) is 5.92 Å². The number of aromatic nitrogens is 4. The normalized spacial score (nSPS) is 18.3. The van der Waals surface area contributed by atoms with E-state index < -0.39 is 0 Å². The van der Waals surface area contributed by atoms with E-state index in [2.05, 4.69) is 34.6 Å². The van der Waals surface area contributed by atoms with Gasteiger partial charge in [0.05, 0.1) is 23.7 Å². The second-order valence-electron chi connectivity index (χ2n) is 10.7. The second kappa shape index (κ2) is 11.8. The van der Waals surface area contributed by atoms with E-state index in [9.17, 15) is 4.79 Å². The highest BCUT2D eigenvalue weighted by Gasteiger charge is 2.28. The van der Waals surface area contributed by atoms with Crippen LogP contribution >= 0.6 is 0 Å². The number of hydrogen-bond acceptors (Lipinski definition) is 7. The summed E-state index contributed by atoms with van der Waals surface area (Å²) in [6.45, 7) is 4.27. The van der Waals surface area contributed by atoms with Gasteiger partial charge >= 0.3 is 0 Å². The molecule has 1 saturated carbocycles. The van der Waals surface area contributed by atoms with E-state index in [1.165, 1.54) is 0 Å². The van der Waals surface area contributed by atoms with Crippen molar-refractivity contribution in [3.63, 3.8) is 0 Å². The molecule has 9 heteroatoms. The van der Waals surface area contributed by atoms with Gasteiger partial charge in [-0.05, 0) is 81.5 Å². The molecule has 2 aromatic carbocycles. The Morgan fingerprint density at radius 2 is 1.72 bits per heavy atom. The van der Waals surface area contributed by atoms with E-state index in [0.29, 0.717) is 17.6 Å². The molecule has 0 unspecified atom stereocenters. The minimum atomic E-state index is -0.158. The molecule has 0 bridgehead atoms. The fourth-order valence-corrected chi connectivity index (χ4v) is 5.23. The molecule has 0 spiro atoms. The summed E-state index contributed by atoms with van der Waals surface area (Å²) < 4.78 is 7.89. The molecule has 204 valence electrons. The van der Waals surface area contributed by atoms with E-state index >= 15 is 0 Å². The number of ether oxygens (including phenoxy) is 1. The van der Waals surface area contributed by atoms with Crippen molar-refractivity contribution in [3.8, 4) is 22.9 Å². The maximum Gasteiger partial charge on any atom is 0.237 e. The number of nitrogens with one attached hydrogen (secondary N) is 2. The highest BCUT2D eigenvalue weighted by atomic mass is 16.5. The van der Waals surface area contributed by atoms with E-state index in [4.69, 9.17) is 15.5 Å². The average Bonchev–Trinajstić information content (AvgIpc) is 3.38. The first-order valence-electron chi connectivity index (χ1n) is 13.7. The zero-order chi connectivity index (χ0) is 27.4. The smallest absolute Gasteiger partial charge is 0.237 e. The van der Waals surface area contributed by atoms with E-state index in [0.717, 1.165) is 60.2 Å². The third-order valence-corrected chi connectivity index (χ3v) is 7.34. The van der Waals surface area contributed by atoms with Crippen LogP contribution in [0.15, 0.2) is 60.8 Å². The van der Waals surface area contributed by atoms with Gasteiger partial charge in [0, 0.05) is 11.6 Å². The van der Waals surface area contributed by atoms with Crippen molar-refractivity contribution in [1.29, 1.82) is 0 Å². The van der Waals surface area contributed by atoms with Crippen LogP contribution in [0.4, 0.5) is 5.82 Å². The Kier molecular flexibility index (Phi) is 8.07. The molecule has 1 fully saturated rings. The van der Waals surface area contributed by atoms with Crippen LogP contribution in [-0.2, 0) is 4.79 Å². The first-order valence-corrected chi connectivity index (χ1v) is 13.7. The number of carbonyl (C=O) groups is 1. The highest BCUT2D eigenvalue weighted by Crippen LogP contribution is 2.33. The van der Waals surface area contributed by atoms with Gasteiger partial charge in [0.2, 0.25) is 5.91 Å². The van der Waals surface area contributed by atoms with Gasteiger partial charge in [0.25, 0.3) is 0 Å². The van der Waals surface area contributed by atoms with E-state index in [-0.39, 0.29) is 24.0 Å². The molecular weight excluding hydrogens is 490 g/mol. The number of hydrogen-bond donors (Lipinski definition) is 3. The fraction of sp³-hybridized carbons (Fsp3) is 0.400. The maximum absolute atomic E-state index is 12.8. The Morgan fingerprint density at radius 3 is 2.38 bits per heavy atom. The van der Waals surface area contributed by atoms with Crippen molar-refractivity contribution in [2.45, 2.75) is 64.1 Å².